The Balaban J connectivity index is 0.688. The number of amides is 3. The molecule has 12 nitrogen and oxygen atoms in total. The fraction of sp³-hybridized carbons (Fsp3) is 0.543. The SMILES string of the molecule is C[C@@H]1Cc2c([nH]c3ccccc23)[C@@H](c2cnc(N3CCC4(CC3)CC(CN3CCC5(CC3)COc3cc6c(cc35)CN(C3CCC(=O)NC3=O)C6=O)C4)nc2)N1CC(F)F. The van der Waals surface area contributed by atoms with Crippen LogP contribution in [0.4, 0.5) is 14.7 Å². The zero-order valence-electron chi connectivity index (χ0n) is 34.1. The second-order valence-electron chi connectivity index (χ2n) is 19.0. The number of hydrogen-bond donors (Lipinski definition) is 2. The van der Waals surface area contributed by atoms with E-state index < -0.39 is 12.5 Å². The molecule has 0 radical (unpaired) electrons. The number of ether oxygens (including phenoxy) is 1. The van der Waals surface area contributed by atoms with Crippen LogP contribution in [0.1, 0.15) is 103 Å². The number of anilines is 1. The molecular formula is C46H52F2N8O4. The Labute approximate surface area is 348 Å². The summed E-state index contributed by atoms with van der Waals surface area (Å²) in [5, 5.41) is 3.55. The van der Waals surface area contributed by atoms with Crippen molar-refractivity contribution < 1.29 is 27.9 Å². The van der Waals surface area contributed by atoms with Crippen molar-refractivity contribution in [3.63, 3.8) is 0 Å². The van der Waals surface area contributed by atoms with E-state index in [9.17, 15) is 23.2 Å². The molecule has 0 bridgehead atoms. The van der Waals surface area contributed by atoms with E-state index in [-0.39, 0.29) is 48.2 Å². The Morgan fingerprint density at radius 2 is 1.75 bits per heavy atom. The number of hydrogen-bond acceptors (Lipinski definition) is 9. The third-order valence-electron chi connectivity index (χ3n) is 15.4. The van der Waals surface area contributed by atoms with E-state index in [1.165, 1.54) is 24.0 Å². The van der Waals surface area contributed by atoms with Gasteiger partial charge in [-0.15, -0.1) is 0 Å². The van der Waals surface area contributed by atoms with E-state index in [2.05, 4.69) is 32.2 Å². The molecule has 3 amide bonds. The van der Waals surface area contributed by atoms with Crippen molar-refractivity contribution in [2.75, 3.05) is 50.8 Å². The monoisotopic (exact) mass is 818 g/mol. The van der Waals surface area contributed by atoms with Crippen LogP contribution in [0.15, 0.2) is 48.8 Å². The number of piperidine rings is 3. The van der Waals surface area contributed by atoms with Crippen LogP contribution in [-0.4, -0.2) is 112 Å². The molecule has 3 saturated heterocycles. The normalized spacial score (nSPS) is 26.4. The molecule has 3 atom stereocenters. The first-order valence-electron chi connectivity index (χ1n) is 21.9. The summed E-state index contributed by atoms with van der Waals surface area (Å²) in [7, 11) is 0. The molecule has 2 N–H and O–H groups in total. The van der Waals surface area contributed by atoms with Gasteiger partial charge in [-0.05, 0) is 112 Å². The number of benzene rings is 2. The average Bonchev–Trinajstić information content (AvgIpc) is 3.88. The standard InChI is InChI=1S/C46H52F2N8O4/c1-27-16-33-31-4-2-3-5-35(31)51-40(33)41(55(27)25-38(47)48)30-21-49-44(50-22-30)54-14-8-45(9-15-54)19-28(20-45)23-53-12-10-46(11-13-53)26-60-37-18-32-29(17-34(37)46)24-56(43(32)59)36-6-7-39(57)52-42(36)58/h2-5,17-18,21-22,27-28,36,38,41,51H,6-16,19-20,23-26H2,1H3,(H,52,57,58)/t27-,36?,41-/m1/s1. The van der Waals surface area contributed by atoms with Gasteiger partial charge in [0.15, 0.2) is 0 Å². The first-order chi connectivity index (χ1) is 29.1. The van der Waals surface area contributed by atoms with Crippen LogP contribution < -0.4 is 15.0 Å². The number of halogens is 2. The molecule has 1 aliphatic carbocycles. The lowest BCUT2D eigenvalue weighted by atomic mass is 9.57. The lowest BCUT2D eigenvalue weighted by Gasteiger charge is -2.53. The number of likely N-dealkylation sites (tertiary alicyclic amines) is 1. The number of H-pyrrole nitrogens is 1. The number of aromatic nitrogens is 3. The predicted octanol–water partition coefficient (Wildman–Crippen LogP) is 5.74. The minimum Gasteiger partial charge on any atom is -0.492 e. The van der Waals surface area contributed by atoms with Crippen LogP contribution in [0, 0.1) is 11.3 Å². The third-order valence-corrected chi connectivity index (χ3v) is 15.4. The summed E-state index contributed by atoms with van der Waals surface area (Å²) < 4.78 is 34.1. The zero-order chi connectivity index (χ0) is 40.9. The Morgan fingerprint density at radius 3 is 2.50 bits per heavy atom. The number of rotatable bonds is 7. The molecular weight excluding hydrogens is 767 g/mol. The Hall–Kier alpha value is -4.95. The lowest BCUT2D eigenvalue weighted by Crippen LogP contribution is -2.52. The Morgan fingerprint density at radius 1 is 0.983 bits per heavy atom. The van der Waals surface area contributed by atoms with Crippen molar-refractivity contribution in [1.29, 1.82) is 0 Å². The second-order valence-corrected chi connectivity index (χ2v) is 19.0. The molecule has 11 rings (SSSR count). The maximum atomic E-state index is 13.9. The zero-order valence-corrected chi connectivity index (χ0v) is 34.1. The molecule has 14 heteroatoms. The molecule has 314 valence electrons. The summed E-state index contributed by atoms with van der Waals surface area (Å²) in [6.07, 6.45) is 9.37. The number of carbonyl (C=O) groups excluding carboxylic acids is 3. The summed E-state index contributed by atoms with van der Waals surface area (Å²) in [4.78, 5) is 59.4. The first kappa shape index (κ1) is 38.0. The summed E-state index contributed by atoms with van der Waals surface area (Å²) in [6, 6.07) is 11.2. The second kappa shape index (κ2) is 14.3. The summed E-state index contributed by atoms with van der Waals surface area (Å²) in [5.74, 6) is 1.38. The van der Waals surface area contributed by atoms with Gasteiger partial charge in [-0.25, -0.2) is 18.7 Å². The number of alkyl halides is 2. The fourth-order valence-corrected chi connectivity index (χ4v) is 12.2. The van der Waals surface area contributed by atoms with Crippen LogP contribution in [0.5, 0.6) is 5.75 Å². The molecule has 2 aromatic carbocycles. The topological polar surface area (TPSA) is 127 Å². The van der Waals surface area contributed by atoms with Crippen molar-refractivity contribution >= 4 is 34.6 Å². The Kier molecular flexibility index (Phi) is 9.07. The van der Waals surface area contributed by atoms with Gasteiger partial charge in [0, 0.05) is 89.7 Å². The highest BCUT2D eigenvalue weighted by atomic mass is 19.3. The number of imide groups is 1. The van der Waals surface area contributed by atoms with Crippen molar-refractivity contribution in [3.05, 3.63) is 82.3 Å². The molecule has 60 heavy (non-hydrogen) atoms. The summed E-state index contributed by atoms with van der Waals surface area (Å²) in [5.41, 5.74) is 7.11. The number of carbonyl (C=O) groups is 3. The highest BCUT2D eigenvalue weighted by Crippen LogP contribution is 2.54. The molecule has 8 heterocycles. The van der Waals surface area contributed by atoms with Crippen LogP contribution in [0.2, 0.25) is 0 Å². The van der Waals surface area contributed by atoms with Crippen molar-refractivity contribution in [3.8, 4) is 5.75 Å². The average molecular weight is 819 g/mol. The van der Waals surface area contributed by atoms with Gasteiger partial charge < -0.3 is 24.4 Å². The van der Waals surface area contributed by atoms with Gasteiger partial charge in [0.05, 0.1) is 19.2 Å². The van der Waals surface area contributed by atoms with Gasteiger partial charge in [0.2, 0.25) is 17.8 Å². The lowest BCUT2D eigenvalue weighted by molar-refractivity contribution is -0.136. The van der Waals surface area contributed by atoms with E-state index >= 15 is 0 Å². The molecule has 7 aliphatic rings. The van der Waals surface area contributed by atoms with Crippen LogP contribution in [0.3, 0.4) is 0 Å². The molecule has 6 aliphatic heterocycles. The van der Waals surface area contributed by atoms with Crippen molar-refractivity contribution in [2.45, 2.75) is 101 Å². The highest BCUT2D eigenvalue weighted by molar-refractivity contribution is 6.05. The number of aromatic amines is 1. The van der Waals surface area contributed by atoms with E-state index in [1.54, 1.807) is 4.90 Å². The van der Waals surface area contributed by atoms with Crippen molar-refractivity contribution in [2.24, 2.45) is 11.3 Å². The van der Waals surface area contributed by atoms with Crippen molar-refractivity contribution in [1.82, 2.24) is 35.0 Å². The van der Waals surface area contributed by atoms with Gasteiger partial charge >= 0.3 is 0 Å². The minimum atomic E-state index is -2.44. The van der Waals surface area contributed by atoms with Gasteiger partial charge in [0.25, 0.3) is 12.3 Å². The first-order valence-corrected chi connectivity index (χ1v) is 21.9. The largest absolute Gasteiger partial charge is 0.492 e. The maximum Gasteiger partial charge on any atom is 0.255 e. The summed E-state index contributed by atoms with van der Waals surface area (Å²) >= 11 is 0. The van der Waals surface area contributed by atoms with E-state index in [0.29, 0.717) is 48.8 Å². The smallest absolute Gasteiger partial charge is 0.255 e. The predicted molar refractivity (Wildman–Crippen MR) is 220 cm³/mol. The third kappa shape index (κ3) is 6.30. The van der Waals surface area contributed by atoms with Gasteiger partial charge in [-0.3, -0.25) is 24.6 Å². The number of nitrogens with one attached hydrogen (secondary N) is 2. The fourth-order valence-electron chi connectivity index (χ4n) is 12.2. The van der Waals surface area contributed by atoms with E-state index in [1.807, 2.05) is 48.5 Å². The molecule has 2 aromatic heterocycles. The van der Waals surface area contributed by atoms with Crippen LogP contribution in [-0.2, 0) is 28.0 Å². The molecule has 4 aromatic rings. The molecule has 1 unspecified atom stereocenters. The van der Waals surface area contributed by atoms with E-state index in [0.717, 1.165) is 91.9 Å². The maximum absolute atomic E-state index is 13.9. The molecule has 1 saturated carbocycles. The number of fused-ring (bicyclic) bond motifs is 6. The van der Waals surface area contributed by atoms with E-state index in [4.69, 9.17) is 14.7 Å². The minimum absolute atomic E-state index is 0.0518. The van der Waals surface area contributed by atoms with Gasteiger partial charge in [0.1, 0.15) is 11.8 Å². The molecule has 2 spiro atoms. The molecule has 4 fully saturated rings. The van der Waals surface area contributed by atoms with Gasteiger partial charge in [-0.2, -0.15) is 0 Å². The quantitative estimate of drug-likeness (QED) is 0.225. The van der Waals surface area contributed by atoms with Gasteiger partial charge in [-0.1, -0.05) is 18.2 Å². The number of para-hydroxylation sites is 1. The van der Waals surface area contributed by atoms with Crippen LogP contribution >= 0.6 is 0 Å². The Bertz CT molecular complexity index is 2360. The summed E-state index contributed by atoms with van der Waals surface area (Å²) in [6.45, 7) is 7.76. The number of nitrogens with zero attached hydrogens (tertiary/aromatic N) is 6. The van der Waals surface area contributed by atoms with Crippen LogP contribution in [0.25, 0.3) is 10.9 Å². The highest BCUT2D eigenvalue weighted by Gasteiger charge is 2.49.